The lowest BCUT2D eigenvalue weighted by molar-refractivity contribution is -0.146. The van der Waals surface area contributed by atoms with Crippen molar-refractivity contribution in [2.45, 2.75) is 19.4 Å². The fourth-order valence-corrected chi connectivity index (χ4v) is 1.06. The molecule has 1 unspecified atom stereocenters. The molecule has 0 amide bonds. The van der Waals surface area contributed by atoms with Gasteiger partial charge in [0, 0.05) is 18.9 Å². The first kappa shape index (κ1) is 9.58. The maximum Gasteiger partial charge on any atom is 0.303 e. The van der Waals surface area contributed by atoms with Crippen molar-refractivity contribution in [3.63, 3.8) is 0 Å². The number of rotatable bonds is 4. The lowest BCUT2D eigenvalue weighted by Crippen LogP contribution is -2.06. The Morgan fingerprint density at radius 2 is 2.62 bits per heavy atom. The van der Waals surface area contributed by atoms with E-state index in [9.17, 15) is 4.79 Å². The van der Waals surface area contributed by atoms with Crippen LogP contribution in [-0.4, -0.2) is 5.97 Å². The monoisotopic (exact) mass is 180 g/mol. The van der Waals surface area contributed by atoms with E-state index in [4.69, 9.17) is 9.15 Å². The Hall–Kier alpha value is -1.51. The van der Waals surface area contributed by atoms with Crippen LogP contribution in [0.1, 0.15) is 25.0 Å². The molecular weight excluding hydrogens is 168 g/mol. The van der Waals surface area contributed by atoms with Gasteiger partial charge in [-0.3, -0.25) is 4.79 Å². The van der Waals surface area contributed by atoms with E-state index in [1.54, 1.807) is 24.7 Å². The van der Waals surface area contributed by atoms with Crippen LogP contribution in [0.2, 0.25) is 0 Å². The number of ether oxygens (including phenoxy) is 1. The molecule has 13 heavy (non-hydrogen) atoms. The molecule has 70 valence electrons. The highest BCUT2D eigenvalue weighted by molar-refractivity contribution is 5.66. The lowest BCUT2D eigenvalue weighted by atomic mass is 10.1. The maximum absolute atomic E-state index is 10.7. The molecule has 0 saturated heterocycles. The second-order valence-corrected chi connectivity index (χ2v) is 2.68. The number of hydrogen-bond acceptors (Lipinski definition) is 3. The highest BCUT2D eigenvalue weighted by Crippen LogP contribution is 2.21. The molecule has 1 aromatic rings. The summed E-state index contributed by atoms with van der Waals surface area (Å²) in [5.74, 6) is -0.298. The van der Waals surface area contributed by atoms with Crippen LogP contribution in [-0.2, 0) is 9.53 Å². The Bertz CT molecular complexity index is 274. The van der Waals surface area contributed by atoms with Gasteiger partial charge in [0.05, 0.1) is 12.5 Å². The first-order valence-electron chi connectivity index (χ1n) is 4.04. The molecule has 0 saturated carbocycles. The van der Waals surface area contributed by atoms with Gasteiger partial charge < -0.3 is 9.15 Å². The summed E-state index contributed by atoms with van der Waals surface area (Å²) in [5, 5.41) is 0. The van der Waals surface area contributed by atoms with Gasteiger partial charge in [-0.05, 0) is 6.07 Å². The van der Waals surface area contributed by atoms with Gasteiger partial charge in [0.25, 0.3) is 0 Å². The molecule has 0 radical (unpaired) electrons. The second-order valence-electron chi connectivity index (χ2n) is 2.68. The van der Waals surface area contributed by atoms with Crippen LogP contribution in [0.15, 0.2) is 35.7 Å². The summed E-state index contributed by atoms with van der Waals surface area (Å²) in [4.78, 5) is 10.7. The van der Waals surface area contributed by atoms with Gasteiger partial charge in [0.1, 0.15) is 6.10 Å². The fraction of sp³-hybridized carbons (Fsp3) is 0.300. The van der Waals surface area contributed by atoms with Crippen molar-refractivity contribution in [1.29, 1.82) is 0 Å². The van der Waals surface area contributed by atoms with Gasteiger partial charge >= 0.3 is 5.97 Å². The van der Waals surface area contributed by atoms with E-state index in [1.807, 2.05) is 0 Å². The molecule has 0 N–H and O–H groups in total. The first-order chi connectivity index (χ1) is 6.24. The van der Waals surface area contributed by atoms with Gasteiger partial charge in [-0.25, -0.2) is 0 Å². The van der Waals surface area contributed by atoms with Crippen molar-refractivity contribution in [3.05, 3.63) is 36.8 Å². The normalized spacial score (nSPS) is 12.1. The molecule has 0 aliphatic rings. The average molecular weight is 180 g/mol. The molecule has 0 aliphatic carbocycles. The minimum atomic E-state index is -0.298. The number of carbonyl (C=O) groups is 1. The van der Waals surface area contributed by atoms with E-state index in [0.29, 0.717) is 6.42 Å². The Balaban J connectivity index is 2.67. The average Bonchev–Trinajstić information content (AvgIpc) is 2.54. The summed E-state index contributed by atoms with van der Waals surface area (Å²) in [5.41, 5.74) is 0.857. The smallest absolute Gasteiger partial charge is 0.303 e. The lowest BCUT2D eigenvalue weighted by Gasteiger charge is -2.12. The summed E-state index contributed by atoms with van der Waals surface area (Å²) in [6, 6.07) is 1.77. The fourth-order valence-electron chi connectivity index (χ4n) is 1.06. The van der Waals surface area contributed by atoms with Crippen molar-refractivity contribution < 1.29 is 13.9 Å². The van der Waals surface area contributed by atoms with Gasteiger partial charge in [0.2, 0.25) is 0 Å². The third-order valence-electron chi connectivity index (χ3n) is 1.60. The van der Waals surface area contributed by atoms with E-state index in [-0.39, 0.29) is 12.1 Å². The molecular formula is C10H12O3. The predicted octanol–water partition coefficient (Wildman–Crippen LogP) is 2.46. The number of esters is 1. The van der Waals surface area contributed by atoms with Crippen molar-refractivity contribution in [2.24, 2.45) is 0 Å². The van der Waals surface area contributed by atoms with Crippen LogP contribution in [0.25, 0.3) is 0 Å². The van der Waals surface area contributed by atoms with Crippen LogP contribution in [0.4, 0.5) is 0 Å². The summed E-state index contributed by atoms with van der Waals surface area (Å²) in [7, 11) is 0. The summed E-state index contributed by atoms with van der Waals surface area (Å²) in [6.07, 6.45) is 5.15. The van der Waals surface area contributed by atoms with E-state index in [1.165, 1.54) is 6.92 Å². The highest BCUT2D eigenvalue weighted by atomic mass is 16.5. The molecule has 1 rings (SSSR count). The topological polar surface area (TPSA) is 39.4 Å². The van der Waals surface area contributed by atoms with E-state index < -0.39 is 0 Å². The zero-order valence-electron chi connectivity index (χ0n) is 7.53. The van der Waals surface area contributed by atoms with Gasteiger partial charge in [-0.15, -0.1) is 6.58 Å². The number of hydrogen-bond donors (Lipinski definition) is 0. The Kier molecular flexibility index (Phi) is 3.31. The van der Waals surface area contributed by atoms with Crippen LogP contribution in [0, 0.1) is 0 Å². The van der Waals surface area contributed by atoms with E-state index in [0.717, 1.165) is 5.56 Å². The minimum Gasteiger partial charge on any atom is -0.472 e. The zero-order chi connectivity index (χ0) is 9.68. The first-order valence-corrected chi connectivity index (χ1v) is 4.04. The van der Waals surface area contributed by atoms with Crippen molar-refractivity contribution in [3.8, 4) is 0 Å². The Morgan fingerprint density at radius 3 is 3.08 bits per heavy atom. The Morgan fingerprint density at radius 1 is 1.85 bits per heavy atom. The molecule has 1 atom stereocenters. The van der Waals surface area contributed by atoms with E-state index >= 15 is 0 Å². The molecule has 0 aromatic carbocycles. The van der Waals surface area contributed by atoms with Crippen molar-refractivity contribution in [1.82, 2.24) is 0 Å². The van der Waals surface area contributed by atoms with Gasteiger partial charge in [-0.2, -0.15) is 0 Å². The third-order valence-corrected chi connectivity index (χ3v) is 1.60. The highest BCUT2D eigenvalue weighted by Gasteiger charge is 2.13. The van der Waals surface area contributed by atoms with Gasteiger partial charge in [-0.1, -0.05) is 6.08 Å². The second kappa shape index (κ2) is 4.50. The maximum atomic E-state index is 10.7. The van der Waals surface area contributed by atoms with Crippen LogP contribution in [0.3, 0.4) is 0 Å². The Labute approximate surface area is 77.0 Å². The standard InChI is InChI=1S/C10H12O3/c1-3-4-10(13-8(2)11)9-5-6-12-7-9/h3,5-7,10H,1,4H2,2H3. The molecule has 3 nitrogen and oxygen atoms in total. The summed E-state index contributed by atoms with van der Waals surface area (Å²) < 4.78 is 9.96. The predicted molar refractivity (Wildman–Crippen MR) is 48.0 cm³/mol. The number of carbonyl (C=O) groups excluding carboxylic acids is 1. The van der Waals surface area contributed by atoms with Crippen molar-refractivity contribution >= 4 is 5.97 Å². The number of furan rings is 1. The molecule has 0 bridgehead atoms. The van der Waals surface area contributed by atoms with Crippen LogP contribution in [0.5, 0.6) is 0 Å². The molecule has 0 fully saturated rings. The molecule has 1 aromatic heterocycles. The largest absolute Gasteiger partial charge is 0.472 e. The molecule has 0 spiro atoms. The minimum absolute atomic E-state index is 0.270. The summed E-state index contributed by atoms with van der Waals surface area (Å²) in [6.45, 7) is 4.98. The SMILES string of the molecule is C=CCC(OC(C)=O)c1ccoc1. The van der Waals surface area contributed by atoms with Gasteiger partial charge in [0.15, 0.2) is 0 Å². The zero-order valence-corrected chi connectivity index (χ0v) is 7.53. The third kappa shape index (κ3) is 2.78. The molecule has 3 heteroatoms. The molecule has 1 heterocycles. The molecule has 0 aliphatic heterocycles. The van der Waals surface area contributed by atoms with Crippen molar-refractivity contribution in [2.75, 3.05) is 0 Å². The summed E-state index contributed by atoms with van der Waals surface area (Å²) >= 11 is 0. The van der Waals surface area contributed by atoms with Crippen LogP contribution >= 0.6 is 0 Å². The quantitative estimate of drug-likeness (QED) is 0.527. The van der Waals surface area contributed by atoms with E-state index in [2.05, 4.69) is 6.58 Å². The van der Waals surface area contributed by atoms with Crippen LogP contribution < -0.4 is 0 Å².